The van der Waals surface area contributed by atoms with E-state index >= 15 is 0 Å². The smallest absolute Gasteiger partial charge is 0.418 e. The molecule has 8 heteroatoms. The van der Waals surface area contributed by atoms with Gasteiger partial charge in [-0.2, -0.15) is 0 Å². The predicted molar refractivity (Wildman–Crippen MR) is 87.6 cm³/mol. The number of carbonyl (C=O) groups excluding carboxylic acids is 1. The lowest BCUT2D eigenvalue weighted by atomic mass is 10.1. The van der Waals surface area contributed by atoms with Gasteiger partial charge in [-0.1, -0.05) is 0 Å². The summed E-state index contributed by atoms with van der Waals surface area (Å²) >= 11 is 0. The maximum absolute atomic E-state index is 12.4. The first-order valence-electron chi connectivity index (χ1n) is 7.21. The number of rotatable bonds is 5. The average molecular weight is 345 g/mol. The molecule has 2 rings (SSSR count). The zero-order valence-corrected chi connectivity index (χ0v) is 13.2. The second-order valence-corrected chi connectivity index (χ2v) is 4.89. The Hall–Kier alpha value is -3.55. The molecule has 0 fully saturated rings. The maximum atomic E-state index is 12.4. The van der Waals surface area contributed by atoms with E-state index in [1.165, 1.54) is 36.4 Å². The molecule has 130 valence electrons. The van der Waals surface area contributed by atoms with Crippen LogP contribution in [0, 0.1) is 0 Å². The van der Waals surface area contributed by atoms with E-state index in [2.05, 4.69) is 0 Å². The number of carboxylic acids is 2. The van der Waals surface area contributed by atoms with Gasteiger partial charge in [-0.05, 0) is 49.4 Å². The minimum Gasteiger partial charge on any atom is -0.508 e. The third-order valence-electron chi connectivity index (χ3n) is 3.27. The molecule has 8 nitrogen and oxygen atoms in total. The monoisotopic (exact) mass is 345 g/mol. The van der Waals surface area contributed by atoms with Gasteiger partial charge in [0, 0.05) is 0 Å². The Morgan fingerprint density at radius 3 is 2.16 bits per heavy atom. The van der Waals surface area contributed by atoms with E-state index in [9.17, 15) is 24.6 Å². The summed E-state index contributed by atoms with van der Waals surface area (Å²) in [6, 6.07) is 8.84. The Morgan fingerprint density at radius 1 is 1.00 bits per heavy atom. The second-order valence-electron chi connectivity index (χ2n) is 4.89. The maximum Gasteiger partial charge on any atom is 0.418 e. The number of hydrogen-bond donors (Lipinski definition) is 3. The second kappa shape index (κ2) is 7.35. The lowest BCUT2D eigenvalue weighted by Crippen LogP contribution is -2.28. The van der Waals surface area contributed by atoms with Crippen molar-refractivity contribution in [3.05, 3.63) is 53.6 Å². The molecule has 0 aromatic heterocycles. The Bertz CT molecular complexity index is 814. The van der Waals surface area contributed by atoms with E-state index in [0.717, 1.165) is 11.0 Å². The van der Waals surface area contributed by atoms with Gasteiger partial charge in [-0.25, -0.2) is 19.3 Å². The van der Waals surface area contributed by atoms with Crippen molar-refractivity contribution < 1.29 is 34.4 Å². The molecule has 0 aliphatic heterocycles. The van der Waals surface area contributed by atoms with Gasteiger partial charge in [0.05, 0.1) is 29.1 Å². The van der Waals surface area contributed by atoms with Gasteiger partial charge < -0.3 is 20.1 Å². The highest BCUT2D eigenvalue weighted by Crippen LogP contribution is 2.31. The number of anilines is 2. The van der Waals surface area contributed by atoms with E-state index in [0.29, 0.717) is 0 Å². The SMILES string of the molecule is CCOC(=O)N(c1ccc(O)cc1)c1ccc(C(=O)O)cc1C(=O)O. The molecule has 2 aromatic rings. The number of aromatic hydroxyl groups is 1. The van der Waals surface area contributed by atoms with Crippen molar-refractivity contribution in [1.29, 1.82) is 0 Å². The summed E-state index contributed by atoms with van der Waals surface area (Å²) in [5, 5.41) is 27.8. The largest absolute Gasteiger partial charge is 0.508 e. The van der Waals surface area contributed by atoms with Crippen molar-refractivity contribution in [3.8, 4) is 5.75 Å². The van der Waals surface area contributed by atoms with Crippen molar-refractivity contribution in [1.82, 2.24) is 0 Å². The zero-order chi connectivity index (χ0) is 18.6. The summed E-state index contributed by atoms with van der Waals surface area (Å²) in [4.78, 5) is 36.0. The highest BCUT2D eigenvalue weighted by Gasteiger charge is 2.25. The Balaban J connectivity index is 2.64. The van der Waals surface area contributed by atoms with Crippen LogP contribution >= 0.6 is 0 Å². The molecule has 0 radical (unpaired) electrons. The molecule has 3 N–H and O–H groups in total. The number of amides is 1. The van der Waals surface area contributed by atoms with Crippen molar-refractivity contribution in [2.45, 2.75) is 6.92 Å². The van der Waals surface area contributed by atoms with Crippen LogP contribution in [0.3, 0.4) is 0 Å². The first-order valence-corrected chi connectivity index (χ1v) is 7.21. The Morgan fingerprint density at radius 2 is 1.64 bits per heavy atom. The molecule has 1 amide bonds. The molecule has 0 aliphatic rings. The standard InChI is InChI=1S/C17H15NO7/c1-2-25-17(24)18(11-4-6-12(19)7-5-11)14-8-3-10(15(20)21)9-13(14)16(22)23/h3-9,19H,2H2,1H3,(H,20,21)(H,22,23). The fourth-order valence-corrected chi connectivity index (χ4v) is 2.17. The minimum atomic E-state index is -1.40. The average Bonchev–Trinajstić information content (AvgIpc) is 2.57. The van der Waals surface area contributed by atoms with E-state index in [4.69, 9.17) is 9.84 Å². The van der Waals surface area contributed by atoms with Crippen LogP contribution in [0.15, 0.2) is 42.5 Å². The van der Waals surface area contributed by atoms with Crippen molar-refractivity contribution >= 4 is 29.4 Å². The van der Waals surface area contributed by atoms with Gasteiger partial charge in [0.2, 0.25) is 0 Å². The fraction of sp³-hybridized carbons (Fsp3) is 0.118. The lowest BCUT2D eigenvalue weighted by Gasteiger charge is -2.23. The van der Waals surface area contributed by atoms with Crippen molar-refractivity contribution in [2.75, 3.05) is 11.5 Å². The molecule has 2 aromatic carbocycles. The van der Waals surface area contributed by atoms with Gasteiger partial charge in [0.15, 0.2) is 0 Å². The van der Waals surface area contributed by atoms with Crippen molar-refractivity contribution in [2.24, 2.45) is 0 Å². The summed E-state index contributed by atoms with van der Waals surface area (Å²) in [6.45, 7) is 1.65. The molecule has 25 heavy (non-hydrogen) atoms. The molecule has 0 spiro atoms. The van der Waals surface area contributed by atoms with E-state index in [1.807, 2.05) is 0 Å². The summed E-state index contributed by atoms with van der Waals surface area (Å²) in [5.41, 5.74) is -0.403. The van der Waals surface area contributed by atoms with E-state index in [-0.39, 0.29) is 34.9 Å². The number of aromatic carboxylic acids is 2. The third kappa shape index (κ3) is 3.86. The molecule has 0 saturated heterocycles. The van der Waals surface area contributed by atoms with E-state index < -0.39 is 18.0 Å². The lowest BCUT2D eigenvalue weighted by molar-refractivity contribution is 0.0696. The highest BCUT2D eigenvalue weighted by molar-refractivity contribution is 6.05. The van der Waals surface area contributed by atoms with Crippen LogP contribution in [-0.2, 0) is 4.74 Å². The minimum absolute atomic E-state index is 0.0350. The number of phenols is 1. The quantitative estimate of drug-likeness (QED) is 0.760. The predicted octanol–water partition coefficient (Wildman–Crippen LogP) is 3.08. The summed E-state index contributed by atoms with van der Waals surface area (Å²) in [6.07, 6.45) is -0.834. The normalized spacial score (nSPS) is 10.1. The molecule has 0 bridgehead atoms. The molecule has 0 unspecified atom stereocenters. The van der Waals surface area contributed by atoms with Crippen LogP contribution in [0.5, 0.6) is 5.75 Å². The molecular formula is C17H15NO7. The van der Waals surface area contributed by atoms with Gasteiger partial charge in [-0.15, -0.1) is 0 Å². The number of carbonyl (C=O) groups is 3. The number of carboxylic acid groups (broad SMARTS) is 2. The van der Waals surface area contributed by atoms with E-state index in [1.54, 1.807) is 6.92 Å². The molecule has 0 heterocycles. The van der Waals surface area contributed by atoms with Crippen LogP contribution in [0.1, 0.15) is 27.6 Å². The topological polar surface area (TPSA) is 124 Å². The van der Waals surface area contributed by atoms with Gasteiger partial charge in [0.25, 0.3) is 0 Å². The molecular weight excluding hydrogens is 330 g/mol. The number of nitrogens with zero attached hydrogens (tertiary/aromatic N) is 1. The summed E-state index contributed by atoms with van der Waals surface area (Å²) in [5.74, 6) is -2.72. The first kappa shape index (κ1) is 17.8. The zero-order valence-electron chi connectivity index (χ0n) is 13.2. The fourth-order valence-electron chi connectivity index (χ4n) is 2.17. The van der Waals surface area contributed by atoms with Crippen LogP contribution in [0.4, 0.5) is 16.2 Å². The number of benzene rings is 2. The van der Waals surface area contributed by atoms with Crippen LogP contribution < -0.4 is 4.90 Å². The molecule has 0 atom stereocenters. The Labute approximate surface area is 142 Å². The first-order chi connectivity index (χ1) is 11.8. The van der Waals surface area contributed by atoms with Gasteiger partial charge in [0.1, 0.15) is 5.75 Å². The molecule has 0 aliphatic carbocycles. The van der Waals surface area contributed by atoms with Crippen LogP contribution in [-0.4, -0.2) is 40.0 Å². The number of ether oxygens (including phenoxy) is 1. The number of phenolic OH excluding ortho intramolecular Hbond substituents is 1. The highest BCUT2D eigenvalue weighted by atomic mass is 16.6. The third-order valence-corrected chi connectivity index (χ3v) is 3.27. The van der Waals surface area contributed by atoms with Gasteiger partial charge >= 0.3 is 18.0 Å². The molecule has 0 saturated carbocycles. The number of hydrogen-bond acceptors (Lipinski definition) is 5. The van der Waals surface area contributed by atoms with Gasteiger partial charge in [-0.3, -0.25) is 0 Å². The Kier molecular flexibility index (Phi) is 5.23. The summed E-state index contributed by atoms with van der Waals surface area (Å²) < 4.78 is 4.97. The van der Waals surface area contributed by atoms with Crippen LogP contribution in [0.2, 0.25) is 0 Å². The van der Waals surface area contributed by atoms with Crippen LogP contribution in [0.25, 0.3) is 0 Å². The van der Waals surface area contributed by atoms with Crippen molar-refractivity contribution in [3.63, 3.8) is 0 Å². The summed E-state index contributed by atoms with van der Waals surface area (Å²) in [7, 11) is 0.